The van der Waals surface area contributed by atoms with Crippen LogP contribution in [0.4, 0.5) is 0 Å². The summed E-state index contributed by atoms with van der Waals surface area (Å²) >= 11 is 0. The van der Waals surface area contributed by atoms with Gasteiger partial charge in [0.25, 0.3) is 0 Å². The van der Waals surface area contributed by atoms with Crippen LogP contribution in [0, 0.1) is 16.7 Å². The van der Waals surface area contributed by atoms with Crippen LogP contribution < -0.4 is 0 Å². The zero-order valence-electron chi connectivity index (χ0n) is 15.6. The monoisotopic (exact) mass is 397 g/mol. The Morgan fingerprint density at radius 3 is 2.67 bits per heavy atom. The van der Waals surface area contributed by atoms with Crippen molar-refractivity contribution in [3.8, 4) is 28.5 Å². The summed E-state index contributed by atoms with van der Waals surface area (Å²) < 4.78 is 6.63. The van der Waals surface area contributed by atoms with Crippen molar-refractivity contribution < 1.29 is 14.6 Å². The SMILES string of the molecule is N#Cc1ccc(-c2cnn3ccc(-c4ccc(C(=O)O)c(COC=N)c4)nc23)cc1. The molecular weight excluding hydrogens is 382 g/mol. The molecule has 0 saturated carbocycles. The summed E-state index contributed by atoms with van der Waals surface area (Å²) in [5.74, 6) is -1.06. The Hall–Kier alpha value is -4.51. The molecule has 30 heavy (non-hydrogen) atoms. The molecule has 2 heterocycles. The number of rotatable bonds is 6. The van der Waals surface area contributed by atoms with Gasteiger partial charge in [0.2, 0.25) is 0 Å². The van der Waals surface area contributed by atoms with Crippen LogP contribution in [-0.4, -0.2) is 32.1 Å². The van der Waals surface area contributed by atoms with Crippen molar-refractivity contribution in [2.45, 2.75) is 6.61 Å². The van der Waals surface area contributed by atoms with Gasteiger partial charge >= 0.3 is 5.97 Å². The second-order valence-corrected chi connectivity index (χ2v) is 6.43. The Bertz CT molecular complexity index is 1300. The van der Waals surface area contributed by atoms with Gasteiger partial charge in [0.15, 0.2) is 12.0 Å². The van der Waals surface area contributed by atoms with E-state index >= 15 is 0 Å². The number of fused-ring (bicyclic) bond motifs is 1. The maximum atomic E-state index is 11.5. The molecule has 2 aromatic heterocycles. The van der Waals surface area contributed by atoms with Gasteiger partial charge in [-0.15, -0.1) is 0 Å². The average molecular weight is 397 g/mol. The van der Waals surface area contributed by atoms with Gasteiger partial charge in [0, 0.05) is 22.9 Å². The summed E-state index contributed by atoms with van der Waals surface area (Å²) in [6, 6.07) is 15.9. The standard InChI is InChI=1S/C22H15N5O3/c23-10-14-1-3-15(4-2-14)19-11-25-27-8-7-20(26-21(19)27)16-5-6-18(22(28)29)17(9-16)12-30-13-24/h1-9,11,13,24H,12H2,(H,28,29). The van der Waals surface area contributed by atoms with Crippen molar-refractivity contribution in [2.24, 2.45) is 0 Å². The Morgan fingerprint density at radius 1 is 1.20 bits per heavy atom. The number of nitrogens with one attached hydrogen (secondary N) is 1. The maximum absolute atomic E-state index is 11.5. The Balaban J connectivity index is 1.79. The molecule has 146 valence electrons. The van der Waals surface area contributed by atoms with Crippen molar-refractivity contribution in [2.75, 3.05) is 0 Å². The average Bonchev–Trinajstić information content (AvgIpc) is 3.20. The second kappa shape index (κ2) is 7.85. The maximum Gasteiger partial charge on any atom is 0.336 e. The van der Waals surface area contributed by atoms with Gasteiger partial charge in [0.1, 0.15) is 6.61 Å². The predicted molar refractivity (Wildman–Crippen MR) is 109 cm³/mol. The third kappa shape index (κ3) is 3.47. The van der Waals surface area contributed by atoms with Crippen LogP contribution in [0.1, 0.15) is 21.5 Å². The lowest BCUT2D eigenvalue weighted by molar-refractivity contribution is 0.0694. The van der Waals surface area contributed by atoms with Gasteiger partial charge in [-0.2, -0.15) is 10.4 Å². The first-order chi connectivity index (χ1) is 14.6. The number of benzene rings is 2. The first-order valence-electron chi connectivity index (χ1n) is 8.93. The fourth-order valence-electron chi connectivity index (χ4n) is 3.17. The number of hydrogen-bond donors (Lipinski definition) is 2. The Morgan fingerprint density at radius 2 is 1.97 bits per heavy atom. The van der Waals surface area contributed by atoms with E-state index in [1.807, 2.05) is 12.1 Å². The van der Waals surface area contributed by atoms with Gasteiger partial charge in [0.05, 0.1) is 29.1 Å². The number of carbonyl (C=O) groups is 1. The van der Waals surface area contributed by atoms with E-state index in [0.717, 1.165) is 23.1 Å². The van der Waals surface area contributed by atoms with E-state index in [4.69, 9.17) is 20.4 Å². The molecule has 4 aromatic rings. The fraction of sp³-hybridized carbons (Fsp3) is 0.0455. The lowest BCUT2D eigenvalue weighted by Crippen LogP contribution is -2.04. The van der Waals surface area contributed by atoms with Crippen molar-refractivity contribution in [3.05, 3.63) is 77.6 Å². The minimum Gasteiger partial charge on any atom is -0.479 e. The molecular formula is C22H15N5O3. The normalized spacial score (nSPS) is 10.5. The highest BCUT2D eigenvalue weighted by Crippen LogP contribution is 2.27. The quantitative estimate of drug-likeness (QED) is 0.377. The zero-order chi connectivity index (χ0) is 21.1. The lowest BCUT2D eigenvalue weighted by atomic mass is 10.0. The minimum absolute atomic E-state index is 0.0234. The molecule has 0 spiro atoms. The van der Waals surface area contributed by atoms with E-state index in [0.29, 0.717) is 22.5 Å². The van der Waals surface area contributed by atoms with Crippen molar-refractivity contribution >= 4 is 18.0 Å². The molecule has 0 saturated heterocycles. The highest BCUT2D eigenvalue weighted by atomic mass is 16.5. The molecule has 4 rings (SSSR count). The number of carboxylic acid groups (broad SMARTS) is 1. The molecule has 0 radical (unpaired) electrons. The van der Waals surface area contributed by atoms with Gasteiger partial charge in [-0.05, 0) is 35.9 Å². The van der Waals surface area contributed by atoms with E-state index in [2.05, 4.69) is 11.2 Å². The smallest absolute Gasteiger partial charge is 0.336 e. The number of aromatic carboxylic acids is 1. The Kier molecular flexibility index (Phi) is 4.93. The number of carboxylic acids is 1. The van der Waals surface area contributed by atoms with Gasteiger partial charge in [-0.25, -0.2) is 14.3 Å². The molecule has 8 heteroatoms. The van der Waals surface area contributed by atoms with Crippen molar-refractivity contribution in [3.63, 3.8) is 0 Å². The molecule has 0 atom stereocenters. The molecule has 0 bridgehead atoms. The molecule has 0 fully saturated rings. The summed E-state index contributed by atoms with van der Waals surface area (Å²) in [7, 11) is 0. The zero-order valence-corrected chi connectivity index (χ0v) is 15.6. The van der Waals surface area contributed by atoms with Crippen LogP contribution in [0.2, 0.25) is 0 Å². The van der Waals surface area contributed by atoms with E-state index in [9.17, 15) is 9.90 Å². The van der Waals surface area contributed by atoms with Crippen LogP contribution >= 0.6 is 0 Å². The summed E-state index contributed by atoms with van der Waals surface area (Å²) in [4.78, 5) is 16.2. The van der Waals surface area contributed by atoms with Crippen LogP contribution in [-0.2, 0) is 11.3 Å². The third-order valence-corrected chi connectivity index (χ3v) is 4.65. The van der Waals surface area contributed by atoms with E-state index in [1.165, 1.54) is 6.07 Å². The number of aromatic nitrogens is 3. The predicted octanol–water partition coefficient (Wildman–Crippen LogP) is 3.76. The molecule has 2 aromatic carbocycles. The van der Waals surface area contributed by atoms with Crippen molar-refractivity contribution in [1.82, 2.24) is 14.6 Å². The second-order valence-electron chi connectivity index (χ2n) is 6.43. The van der Waals surface area contributed by atoms with Gasteiger partial charge in [-0.3, -0.25) is 5.41 Å². The van der Waals surface area contributed by atoms with Crippen LogP contribution in [0.15, 0.2) is 60.9 Å². The summed E-state index contributed by atoms with van der Waals surface area (Å²) in [5.41, 5.74) is 4.84. The topological polar surface area (TPSA) is 124 Å². The largest absolute Gasteiger partial charge is 0.479 e. The first kappa shape index (κ1) is 18.8. The molecule has 0 unspecified atom stereocenters. The highest BCUT2D eigenvalue weighted by Gasteiger charge is 2.14. The lowest BCUT2D eigenvalue weighted by Gasteiger charge is -2.09. The number of nitrogens with zero attached hydrogens (tertiary/aromatic N) is 4. The van der Waals surface area contributed by atoms with Crippen LogP contribution in [0.3, 0.4) is 0 Å². The van der Waals surface area contributed by atoms with Crippen LogP contribution in [0.5, 0.6) is 0 Å². The highest BCUT2D eigenvalue weighted by molar-refractivity contribution is 5.90. The number of ether oxygens (including phenoxy) is 1. The van der Waals surface area contributed by atoms with Crippen molar-refractivity contribution in [1.29, 1.82) is 10.7 Å². The van der Waals surface area contributed by atoms with E-state index in [1.54, 1.807) is 47.2 Å². The molecule has 0 aliphatic heterocycles. The molecule has 0 aliphatic rings. The first-order valence-corrected chi connectivity index (χ1v) is 8.93. The summed E-state index contributed by atoms with van der Waals surface area (Å²) in [6.07, 6.45) is 4.27. The molecule has 2 N–H and O–H groups in total. The molecule has 0 aliphatic carbocycles. The van der Waals surface area contributed by atoms with Crippen LogP contribution in [0.25, 0.3) is 28.0 Å². The third-order valence-electron chi connectivity index (χ3n) is 4.65. The number of nitriles is 1. The van der Waals surface area contributed by atoms with E-state index in [-0.39, 0.29) is 12.2 Å². The summed E-state index contributed by atoms with van der Waals surface area (Å²) in [6.45, 7) is -0.0234. The molecule has 0 amide bonds. The molecule has 8 nitrogen and oxygen atoms in total. The Labute approximate surface area is 171 Å². The van der Waals surface area contributed by atoms with Gasteiger partial charge in [-0.1, -0.05) is 18.2 Å². The summed E-state index contributed by atoms with van der Waals surface area (Å²) in [5, 5.41) is 29.7. The van der Waals surface area contributed by atoms with E-state index < -0.39 is 5.97 Å². The fourth-order valence-corrected chi connectivity index (χ4v) is 3.17. The van der Waals surface area contributed by atoms with Gasteiger partial charge < -0.3 is 9.84 Å². The minimum atomic E-state index is -1.06. The number of hydrogen-bond acceptors (Lipinski definition) is 6.